The topological polar surface area (TPSA) is 133 Å². The fourth-order valence-corrected chi connectivity index (χ4v) is 7.14. The summed E-state index contributed by atoms with van der Waals surface area (Å²) in [5.41, 5.74) is 1.57. The lowest BCUT2D eigenvalue weighted by molar-refractivity contribution is -0.134. The van der Waals surface area contributed by atoms with Crippen LogP contribution in [-0.2, 0) is 31.3 Å². The summed E-state index contributed by atoms with van der Waals surface area (Å²) < 4.78 is 62.9. The highest BCUT2D eigenvalue weighted by molar-refractivity contribution is 7.92. The van der Waals surface area contributed by atoms with Crippen LogP contribution in [0, 0.1) is 12.8 Å². The molecule has 2 N–H and O–H groups in total. The van der Waals surface area contributed by atoms with Gasteiger partial charge in [0.15, 0.2) is 0 Å². The Labute approximate surface area is 258 Å². The Bertz CT molecular complexity index is 1660. The van der Waals surface area contributed by atoms with Crippen molar-refractivity contribution >= 4 is 43.2 Å². The first kappa shape index (κ1) is 32.7. The van der Waals surface area contributed by atoms with E-state index in [0.717, 1.165) is 5.56 Å². The Balaban J connectivity index is 1.68. The maximum absolute atomic E-state index is 13.5. The third kappa shape index (κ3) is 7.68. The van der Waals surface area contributed by atoms with Crippen LogP contribution in [0.2, 0.25) is 5.02 Å². The molecule has 0 fully saturated rings. The number of likely N-dealkylation sites (N-methyl/N-ethyl adjacent to an activating group) is 1. The summed E-state index contributed by atoms with van der Waals surface area (Å²) in [6, 6.07) is 16.4. The van der Waals surface area contributed by atoms with Gasteiger partial charge in [0.2, 0.25) is 15.9 Å². The van der Waals surface area contributed by atoms with Gasteiger partial charge in [0, 0.05) is 35.8 Å². The second kappa shape index (κ2) is 13.2. The Morgan fingerprint density at radius 1 is 1.05 bits per heavy atom. The monoisotopic (exact) mass is 649 g/mol. The van der Waals surface area contributed by atoms with E-state index in [-0.39, 0.29) is 53.4 Å². The van der Waals surface area contributed by atoms with E-state index < -0.39 is 32.2 Å². The number of fused-ring (bicyclic) bond motifs is 1. The number of aryl methyl sites for hydroxylation is 1. The van der Waals surface area contributed by atoms with Crippen molar-refractivity contribution in [3.8, 4) is 5.75 Å². The molecule has 0 unspecified atom stereocenters. The number of nitrogens with one attached hydrogen (secondary N) is 1. The van der Waals surface area contributed by atoms with E-state index in [0.29, 0.717) is 16.3 Å². The smallest absolute Gasteiger partial charge is 0.261 e. The average Bonchev–Trinajstić information content (AvgIpc) is 3.00. The number of sulfonamides is 2. The number of rotatable bonds is 9. The quantitative estimate of drug-likeness (QED) is 0.359. The summed E-state index contributed by atoms with van der Waals surface area (Å²) in [5, 5.41) is 10.3. The molecule has 1 aliphatic heterocycles. The van der Waals surface area contributed by atoms with Crippen molar-refractivity contribution in [2.24, 2.45) is 5.92 Å². The Morgan fingerprint density at radius 2 is 1.67 bits per heavy atom. The van der Waals surface area contributed by atoms with Crippen LogP contribution in [0.25, 0.3) is 0 Å². The third-order valence-corrected chi connectivity index (χ3v) is 10.9. The van der Waals surface area contributed by atoms with Gasteiger partial charge >= 0.3 is 0 Å². The number of carbonyl (C=O) groups is 1. The highest BCUT2D eigenvalue weighted by atomic mass is 35.5. The summed E-state index contributed by atoms with van der Waals surface area (Å²) in [7, 11) is -6.31. The number of anilines is 1. The molecular formula is C30H36ClN3O7S2. The van der Waals surface area contributed by atoms with Crippen LogP contribution in [0.4, 0.5) is 5.69 Å². The summed E-state index contributed by atoms with van der Waals surface area (Å²) >= 11 is 5.90. The zero-order chi connectivity index (χ0) is 31.5. The van der Waals surface area contributed by atoms with Crippen molar-refractivity contribution in [1.29, 1.82) is 0 Å². The fourth-order valence-electron chi connectivity index (χ4n) is 4.78. The number of hydrogen-bond donors (Lipinski definition) is 2. The van der Waals surface area contributed by atoms with Crippen LogP contribution in [0.15, 0.2) is 76.5 Å². The van der Waals surface area contributed by atoms with Crippen LogP contribution in [0.5, 0.6) is 5.75 Å². The largest absolute Gasteiger partial charge is 0.488 e. The SMILES string of the molecule is Cc1ccc(S(=O)(=O)N(C)C[C@H]2Oc3ccc(NS(=O)(=O)c4ccc(Cl)cc4)cc3CC(=O)N([C@@H](C)CO)C[C@@H]2C)cc1. The van der Waals surface area contributed by atoms with E-state index in [1.54, 1.807) is 42.2 Å². The molecule has 43 heavy (non-hydrogen) atoms. The molecule has 0 aliphatic carbocycles. The van der Waals surface area contributed by atoms with E-state index in [4.69, 9.17) is 16.3 Å². The lowest BCUT2D eigenvalue weighted by Crippen LogP contribution is -2.48. The van der Waals surface area contributed by atoms with Gasteiger partial charge in [-0.3, -0.25) is 9.52 Å². The molecule has 3 atom stereocenters. The second-order valence-corrected chi connectivity index (χ2v) is 15.0. The van der Waals surface area contributed by atoms with Gasteiger partial charge in [-0.15, -0.1) is 0 Å². The summed E-state index contributed by atoms with van der Waals surface area (Å²) in [5.74, 6) is -0.279. The van der Waals surface area contributed by atoms with Gasteiger partial charge in [-0.1, -0.05) is 36.2 Å². The Morgan fingerprint density at radius 3 is 2.30 bits per heavy atom. The first-order valence-electron chi connectivity index (χ1n) is 13.7. The normalized spacial score (nSPS) is 18.7. The number of aliphatic hydroxyl groups is 1. The van der Waals surface area contributed by atoms with E-state index in [2.05, 4.69) is 4.72 Å². The molecule has 3 aromatic carbocycles. The summed E-state index contributed by atoms with van der Waals surface area (Å²) in [4.78, 5) is 15.2. The number of benzene rings is 3. The first-order valence-corrected chi connectivity index (χ1v) is 17.0. The molecule has 0 aromatic heterocycles. The van der Waals surface area contributed by atoms with E-state index in [1.807, 2.05) is 13.8 Å². The number of amides is 1. The van der Waals surface area contributed by atoms with Crippen molar-refractivity contribution in [3.05, 3.63) is 82.9 Å². The standard InChI is InChI=1S/C30H36ClN3O7S2/c1-20-5-10-27(11-6-20)43(39,40)33(4)18-29-21(2)17-34(22(3)19-35)30(36)16-23-15-25(9-14-28(23)41-29)32-42(37,38)26-12-7-24(31)8-13-26/h5-15,21-22,29,32,35H,16-19H2,1-4H3/t21-,22-,29+/m0/s1. The molecule has 1 heterocycles. The molecule has 0 bridgehead atoms. The van der Waals surface area contributed by atoms with E-state index in [1.165, 1.54) is 47.8 Å². The molecule has 3 aromatic rings. The van der Waals surface area contributed by atoms with Gasteiger partial charge < -0.3 is 14.7 Å². The highest BCUT2D eigenvalue weighted by Gasteiger charge is 2.33. The minimum Gasteiger partial charge on any atom is -0.488 e. The van der Waals surface area contributed by atoms with Gasteiger partial charge in [-0.2, -0.15) is 4.31 Å². The molecular weight excluding hydrogens is 614 g/mol. The minimum atomic E-state index is -3.95. The summed E-state index contributed by atoms with van der Waals surface area (Å²) in [6.07, 6.45) is -0.799. The maximum Gasteiger partial charge on any atom is 0.261 e. The molecule has 0 radical (unpaired) electrons. The first-order chi connectivity index (χ1) is 20.2. The van der Waals surface area contributed by atoms with Crippen LogP contribution in [-0.4, -0.2) is 75.9 Å². The lowest BCUT2D eigenvalue weighted by Gasteiger charge is -2.33. The maximum atomic E-state index is 13.5. The van der Waals surface area contributed by atoms with Crippen molar-refractivity contribution < 1.29 is 31.5 Å². The van der Waals surface area contributed by atoms with Gasteiger partial charge in [-0.05, 0) is 68.4 Å². The molecule has 0 saturated heterocycles. The Hall–Kier alpha value is -3.16. The van der Waals surface area contributed by atoms with Crippen LogP contribution < -0.4 is 9.46 Å². The van der Waals surface area contributed by atoms with Crippen LogP contribution in [0.1, 0.15) is 25.0 Å². The van der Waals surface area contributed by atoms with Crippen LogP contribution in [0.3, 0.4) is 0 Å². The van der Waals surface area contributed by atoms with Crippen molar-refractivity contribution in [2.45, 2.75) is 49.1 Å². The predicted molar refractivity (Wildman–Crippen MR) is 165 cm³/mol. The lowest BCUT2D eigenvalue weighted by atomic mass is 10.0. The number of hydrogen-bond acceptors (Lipinski definition) is 7. The minimum absolute atomic E-state index is 0.0161. The van der Waals surface area contributed by atoms with Gasteiger partial charge in [0.05, 0.1) is 35.4 Å². The number of halogens is 1. The highest BCUT2D eigenvalue weighted by Crippen LogP contribution is 2.31. The van der Waals surface area contributed by atoms with Crippen LogP contribution >= 0.6 is 11.6 Å². The Kier molecular flexibility index (Phi) is 10.1. The van der Waals surface area contributed by atoms with E-state index >= 15 is 0 Å². The fraction of sp³-hybridized carbons (Fsp3) is 0.367. The molecule has 1 aliphatic rings. The average molecular weight is 650 g/mol. The zero-order valence-corrected chi connectivity index (χ0v) is 26.8. The molecule has 232 valence electrons. The molecule has 1 amide bonds. The number of aliphatic hydroxyl groups excluding tert-OH is 1. The van der Waals surface area contributed by atoms with Crippen molar-refractivity contribution in [2.75, 3.05) is 31.5 Å². The van der Waals surface area contributed by atoms with Gasteiger partial charge in [0.1, 0.15) is 11.9 Å². The summed E-state index contributed by atoms with van der Waals surface area (Å²) in [6.45, 7) is 5.40. The van der Waals surface area contributed by atoms with Crippen molar-refractivity contribution in [3.63, 3.8) is 0 Å². The second-order valence-electron chi connectivity index (χ2n) is 10.9. The zero-order valence-electron chi connectivity index (χ0n) is 24.4. The number of nitrogens with zero attached hydrogens (tertiary/aromatic N) is 2. The van der Waals surface area contributed by atoms with Gasteiger partial charge in [-0.25, -0.2) is 16.8 Å². The molecule has 13 heteroatoms. The third-order valence-electron chi connectivity index (χ3n) is 7.46. The van der Waals surface area contributed by atoms with Crippen molar-refractivity contribution in [1.82, 2.24) is 9.21 Å². The van der Waals surface area contributed by atoms with Gasteiger partial charge in [0.25, 0.3) is 10.0 Å². The number of ether oxygens (including phenoxy) is 1. The number of carbonyl (C=O) groups excluding carboxylic acids is 1. The molecule has 10 nitrogen and oxygen atoms in total. The van der Waals surface area contributed by atoms with E-state index in [9.17, 15) is 26.7 Å². The predicted octanol–water partition coefficient (Wildman–Crippen LogP) is 3.92. The molecule has 4 rings (SSSR count). The molecule has 0 spiro atoms. The molecule has 0 saturated carbocycles.